The Bertz CT molecular complexity index is 534. The van der Waals surface area contributed by atoms with Gasteiger partial charge in [-0.2, -0.15) is 0 Å². The molecule has 0 saturated carbocycles. The lowest BCUT2D eigenvalue weighted by Crippen LogP contribution is -2.05. The van der Waals surface area contributed by atoms with E-state index < -0.39 is 0 Å². The van der Waals surface area contributed by atoms with E-state index in [-0.39, 0.29) is 0 Å². The molecule has 0 radical (unpaired) electrons. The summed E-state index contributed by atoms with van der Waals surface area (Å²) in [4.78, 5) is 0. The summed E-state index contributed by atoms with van der Waals surface area (Å²) in [6, 6.07) is 20.3. The number of hydrogen-bond acceptors (Lipinski definition) is 0. The summed E-state index contributed by atoms with van der Waals surface area (Å²) in [5.74, 6) is 1.99. The minimum absolute atomic E-state index is 0.514. The van der Waals surface area contributed by atoms with Crippen molar-refractivity contribution < 1.29 is 0 Å². The van der Waals surface area contributed by atoms with Crippen molar-refractivity contribution in [3.05, 3.63) is 71.3 Å². The van der Waals surface area contributed by atoms with E-state index >= 15 is 0 Å². The SMILES string of the molecule is CC(C)CCc1ccc(C(CC(C)C)c2ccccc2)cc1. The third-order valence-corrected chi connectivity index (χ3v) is 4.30. The molecule has 0 saturated heterocycles. The molecule has 0 amide bonds. The van der Waals surface area contributed by atoms with Crippen LogP contribution in [-0.2, 0) is 6.42 Å². The summed E-state index contributed by atoms with van der Waals surface area (Å²) in [5, 5.41) is 0. The van der Waals surface area contributed by atoms with E-state index in [0.717, 1.165) is 5.92 Å². The topological polar surface area (TPSA) is 0 Å². The summed E-state index contributed by atoms with van der Waals surface area (Å²) in [6.07, 6.45) is 3.67. The van der Waals surface area contributed by atoms with E-state index in [4.69, 9.17) is 0 Å². The van der Waals surface area contributed by atoms with Crippen LogP contribution < -0.4 is 0 Å². The van der Waals surface area contributed by atoms with Gasteiger partial charge in [-0.05, 0) is 47.8 Å². The van der Waals surface area contributed by atoms with Crippen molar-refractivity contribution in [1.29, 1.82) is 0 Å². The van der Waals surface area contributed by atoms with E-state index in [1.54, 1.807) is 0 Å². The lowest BCUT2D eigenvalue weighted by atomic mass is 9.84. The normalized spacial score (nSPS) is 12.8. The molecular formula is C22H30. The van der Waals surface area contributed by atoms with E-state index in [2.05, 4.69) is 82.3 Å². The molecular weight excluding hydrogens is 264 g/mol. The predicted octanol–water partition coefficient (Wildman–Crippen LogP) is 6.45. The van der Waals surface area contributed by atoms with Crippen molar-refractivity contribution in [2.45, 2.75) is 52.9 Å². The third kappa shape index (κ3) is 5.02. The Hall–Kier alpha value is -1.56. The molecule has 0 N–H and O–H groups in total. The van der Waals surface area contributed by atoms with Gasteiger partial charge in [0, 0.05) is 5.92 Å². The zero-order valence-corrected chi connectivity index (χ0v) is 14.5. The Labute approximate surface area is 136 Å². The first-order chi connectivity index (χ1) is 10.6. The van der Waals surface area contributed by atoms with Crippen LogP contribution in [0.1, 0.15) is 63.1 Å². The largest absolute Gasteiger partial charge is 0.0628 e. The maximum atomic E-state index is 2.34. The van der Waals surface area contributed by atoms with Gasteiger partial charge in [-0.3, -0.25) is 0 Å². The minimum Gasteiger partial charge on any atom is -0.0628 e. The molecule has 0 aliphatic carbocycles. The minimum atomic E-state index is 0.514. The van der Waals surface area contributed by atoms with Gasteiger partial charge in [0.15, 0.2) is 0 Å². The smallest absolute Gasteiger partial charge is 0.00917 e. The van der Waals surface area contributed by atoms with Crippen LogP contribution in [0.15, 0.2) is 54.6 Å². The van der Waals surface area contributed by atoms with E-state index in [0.29, 0.717) is 11.8 Å². The monoisotopic (exact) mass is 294 g/mol. The Balaban J connectivity index is 2.17. The molecule has 0 heteroatoms. The third-order valence-electron chi connectivity index (χ3n) is 4.30. The van der Waals surface area contributed by atoms with Crippen LogP contribution >= 0.6 is 0 Å². The summed E-state index contributed by atoms with van der Waals surface area (Å²) < 4.78 is 0. The lowest BCUT2D eigenvalue weighted by molar-refractivity contribution is 0.541. The van der Waals surface area contributed by atoms with E-state index in [1.807, 2.05) is 0 Å². The summed E-state index contributed by atoms with van der Waals surface area (Å²) in [7, 11) is 0. The number of rotatable bonds is 7. The number of benzene rings is 2. The van der Waals surface area contributed by atoms with Crippen LogP contribution in [0.2, 0.25) is 0 Å². The molecule has 0 bridgehead atoms. The molecule has 1 atom stereocenters. The second-order valence-electron chi connectivity index (χ2n) is 7.27. The zero-order valence-electron chi connectivity index (χ0n) is 14.5. The zero-order chi connectivity index (χ0) is 15.9. The van der Waals surface area contributed by atoms with Gasteiger partial charge in [0.05, 0.1) is 0 Å². The number of hydrogen-bond donors (Lipinski definition) is 0. The molecule has 0 fully saturated rings. The Morgan fingerprint density at radius 3 is 1.82 bits per heavy atom. The van der Waals surface area contributed by atoms with Crippen molar-refractivity contribution in [2.75, 3.05) is 0 Å². The summed E-state index contributed by atoms with van der Waals surface area (Å²) in [6.45, 7) is 9.21. The Morgan fingerprint density at radius 2 is 1.27 bits per heavy atom. The second-order valence-corrected chi connectivity index (χ2v) is 7.27. The highest BCUT2D eigenvalue weighted by Crippen LogP contribution is 2.31. The fourth-order valence-electron chi connectivity index (χ4n) is 2.99. The number of aryl methyl sites for hydroxylation is 1. The standard InChI is InChI=1S/C22H30/c1-17(2)10-11-19-12-14-21(15-13-19)22(16-18(3)4)20-8-6-5-7-9-20/h5-9,12-15,17-18,22H,10-11,16H2,1-4H3. The Morgan fingerprint density at radius 1 is 0.682 bits per heavy atom. The van der Waals surface area contributed by atoms with Gasteiger partial charge in [0.25, 0.3) is 0 Å². The summed E-state index contributed by atoms with van der Waals surface area (Å²) >= 11 is 0. The molecule has 2 aromatic carbocycles. The molecule has 118 valence electrons. The van der Waals surface area contributed by atoms with Gasteiger partial charge in [-0.25, -0.2) is 0 Å². The van der Waals surface area contributed by atoms with Crippen LogP contribution in [-0.4, -0.2) is 0 Å². The lowest BCUT2D eigenvalue weighted by Gasteiger charge is -2.20. The van der Waals surface area contributed by atoms with Gasteiger partial charge < -0.3 is 0 Å². The van der Waals surface area contributed by atoms with Crippen LogP contribution in [0.3, 0.4) is 0 Å². The first kappa shape index (κ1) is 16.8. The van der Waals surface area contributed by atoms with Crippen molar-refractivity contribution >= 4 is 0 Å². The highest BCUT2D eigenvalue weighted by Gasteiger charge is 2.15. The van der Waals surface area contributed by atoms with Crippen molar-refractivity contribution in [2.24, 2.45) is 11.8 Å². The first-order valence-corrected chi connectivity index (χ1v) is 8.70. The molecule has 0 aliphatic heterocycles. The fourth-order valence-corrected chi connectivity index (χ4v) is 2.99. The molecule has 1 unspecified atom stereocenters. The van der Waals surface area contributed by atoms with Crippen LogP contribution in [0.5, 0.6) is 0 Å². The molecule has 0 spiro atoms. The van der Waals surface area contributed by atoms with Gasteiger partial charge in [0.1, 0.15) is 0 Å². The highest BCUT2D eigenvalue weighted by atomic mass is 14.2. The van der Waals surface area contributed by atoms with Crippen LogP contribution in [0.4, 0.5) is 0 Å². The van der Waals surface area contributed by atoms with Crippen LogP contribution in [0, 0.1) is 11.8 Å². The fraction of sp³-hybridized carbons (Fsp3) is 0.455. The van der Waals surface area contributed by atoms with Crippen LogP contribution in [0.25, 0.3) is 0 Å². The molecule has 0 aromatic heterocycles. The predicted molar refractivity (Wildman–Crippen MR) is 97.3 cm³/mol. The average molecular weight is 294 g/mol. The molecule has 0 nitrogen and oxygen atoms in total. The van der Waals surface area contributed by atoms with E-state index in [9.17, 15) is 0 Å². The molecule has 2 rings (SSSR count). The maximum Gasteiger partial charge on any atom is 0.00917 e. The maximum absolute atomic E-state index is 2.34. The second kappa shape index (κ2) is 8.17. The Kier molecular flexibility index (Phi) is 6.24. The molecule has 0 heterocycles. The molecule has 2 aromatic rings. The highest BCUT2D eigenvalue weighted by molar-refractivity contribution is 5.34. The molecule has 22 heavy (non-hydrogen) atoms. The summed E-state index contributed by atoms with van der Waals surface area (Å²) in [5.41, 5.74) is 4.35. The van der Waals surface area contributed by atoms with Gasteiger partial charge in [-0.15, -0.1) is 0 Å². The van der Waals surface area contributed by atoms with Gasteiger partial charge in [0.2, 0.25) is 0 Å². The van der Waals surface area contributed by atoms with E-state index in [1.165, 1.54) is 36.0 Å². The first-order valence-electron chi connectivity index (χ1n) is 8.70. The van der Waals surface area contributed by atoms with Gasteiger partial charge in [-0.1, -0.05) is 82.3 Å². The average Bonchev–Trinajstić information content (AvgIpc) is 2.52. The van der Waals surface area contributed by atoms with Crippen molar-refractivity contribution in [1.82, 2.24) is 0 Å². The quantitative estimate of drug-likeness (QED) is 0.550. The van der Waals surface area contributed by atoms with Crippen molar-refractivity contribution in [3.63, 3.8) is 0 Å². The van der Waals surface area contributed by atoms with Crippen molar-refractivity contribution in [3.8, 4) is 0 Å². The van der Waals surface area contributed by atoms with Gasteiger partial charge >= 0.3 is 0 Å². The molecule has 0 aliphatic rings.